The Morgan fingerprint density at radius 2 is 1.86 bits per heavy atom. The van der Waals surface area contributed by atoms with E-state index in [1.54, 1.807) is 18.0 Å². The van der Waals surface area contributed by atoms with Gasteiger partial charge in [-0.25, -0.2) is 4.79 Å². The minimum absolute atomic E-state index is 0.0155. The van der Waals surface area contributed by atoms with E-state index in [-0.39, 0.29) is 18.0 Å². The van der Waals surface area contributed by atoms with E-state index < -0.39 is 5.60 Å². The van der Waals surface area contributed by atoms with Crippen LogP contribution in [0, 0.1) is 0 Å². The fourth-order valence-corrected chi connectivity index (χ4v) is 3.53. The lowest BCUT2D eigenvalue weighted by Gasteiger charge is -2.38. The Labute approximate surface area is 172 Å². The molecule has 0 bridgehead atoms. The molecule has 2 aliphatic heterocycles. The lowest BCUT2D eigenvalue weighted by Crippen LogP contribution is -2.49. The van der Waals surface area contributed by atoms with Crippen LogP contribution in [-0.4, -0.2) is 64.7 Å². The number of rotatable bonds is 3. The van der Waals surface area contributed by atoms with Crippen LogP contribution in [0.2, 0.25) is 0 Å². The van der Waals surface area contributed by atoms with Crippen molar-refractivity contribution in [3.63, 3.8) is 0 Å². The van der Waals surface area contributed by atoms with Gasteiger partial charge in [0.1, 0.15) is 5.60 Å². The van der Waals surface area contributed by atoms with Gasteiger partial charge in [0, 0.05) is 38.5 Å². The van der Waals surface area contributed by atoms with E-state index in [9.17, 15) is 9.59 Å². The molecular weight excluding hydrogens is 374 g/mol. The van der Waals surface area contributed by atoms with Crippen LogP contribution >= 0.6 is 0 Å². The van der Waals surface area contributed by atoms with Crippen LogP contribution < -0.4 is 9.47 Å². The quantitative estimate of drug-likeness (QED) is 0.769. The monoisotopic (exact) mass is 405 g/mol. The smallest absolute Gasteiger partial charge is 0.410 e. The Bertz CT molecular complexity index is 738. The number of carbonyl (C=O) groups excluding carboxylic acids is 2. The first-order valence-electron chi connectivity index (χ1n) is 10.2. The topological polar surface area (TPSA) is 81.2 Å². The molecule has 3 heterocycles. The number of piperidine rings is 1. The van der Waals surface area contributed by atoms with Crippen molar-refractivity contribution in [1.82, 2.24) is 14.8 Å². The molecule has 0 spiro atoms. The minimum Gasteiger partial charge on any atom is -0.489 e. The molecule has 0 saturated carbocycles. The molecule has 1 aromatic heterocycles. The third-order valence-electron chi connectivity index (χ3n) is 5.00. The predicted molar refractivity (Wildman–Crippen MR) is 107 cm³/mol. The van der Waals surface area contributed by atoms with Crippen molar-refractivity contribution in [3.8, 4) is 11.5 Å². The van der Waals surface area contributed by atoms with E-state index in [1.165, 1.54) is 0 Å². The Kier molecular flexibility index (Phi) is 6.49. The molecule has 1 saturated heterocycles. The summed E-state index contributed by atoms with van der Waals surface area (Å²) in [6, 6.07) is 1.82. The lowest BCUT2D eigenvalue weighted by molar-refractivity contribution is -0.130. The van der Waals surface area contributed by atoms with E-state index in [2.05, 4.69) is 4.98 Å². The Morgan fingerprint density at radius 1 is 1.21 bits per heavy atom. The number of amides is 2. The van der Waals surface area contributed by atoms with E-state index in [0.717, 1.165) is 6.42 Å². The maximum absolute atomic E-state index is 13.0. The third-order valence-corrected chi connectivity index (χ3v) is 5.00. The van der Waals surface area contributed by atoms with Crippen molar-refractivity contribution >= 4 is 12.0 Å². The first-order valence-corrected chi connectivity index (χ1v) is 10.2. The normalized spacial score (nSPS) is 17.4. The zero-order valence-electron chi connectivity index (χ0n) is 17.8. The van der Waals surface area contributed by atoms with Gasteiger partial charge >= 0.3 is 6.09 Å². The number of nitrogens with zero attached hydrogens (tertiary/aromatic N) is 3. The fourth-order valence-electron chi connectivity index (χ4n) is 3.53. The summed E-state index contributed by atoms with van der Waals surface area (Å²) in [5, 5.41) is 0. The fraction of sp³-hybridized carbons (Fsp3) is 0.667. The van der Waals surface area contributed by atoms with Crippen LogP contribution in [0.4, 0.5) is 4.79 Å². The van der Waals surface area contributed by atoms with Gasteiger partial charge in [-0.15, -0.1) is 0 Å². The molecule has 2 aliphatic rings. The maximum atomic E-state index is 13.0. The number of hydrogen-bond donors (Lipinski definition) is 0. The van der Waals surface area contributed by atoms with Gasteiger partial charge in [-0.2, -0.15) is 0 Å². The van der Waals surface area contributed by atoms with Gasteiger partial charge in [-0.3, -0.25) is 14.7 Å². The molecule has 29 heavy (non-hydrogen) atoms. The van der Waals surface area contributed by atoms with Crippen molar-refractivity contribution in [1.29, 1.82) is 0 Å². The van der Waals surface area contributed by atoms with E-state index in [0.29, 0.717) is 62.9 Å². The van der Waals surface area contributed by atoms with E-state index in [4.69, 9.17) is 14.2 Å². The van der Waals surface area contributed by atoms with Crippen LogP contribution in [-0.2, 0) is 16.1 Å². The molecule has 0 unspecified atom stereocenters. The van der Waals surface area contributed by atoms with Gasteiger partial charge in [0.15, 0.2) is 11.5 Å². The summed E-state index contributed by atoms with van der Waals surface area (Å²) in [4.78, 5) is 32.6. The molecule has 1 fully saturated rings. The highest BCUT2D eigenvalue weighted by Gasteiger charge is 2.32. The summed E-state index contributed by atoms with van der Waals surface area (Å²) in [6.45, 7) is 9.92. The molecule has 0 aromatic carbocycles. The number of hydrogen-bond acceptors (Lipinski definition) is 6. The Morgan fingerprint density at radius 3 is 2.48 bits per heavy atom. The Balaban J connectivity index is 1.77. The highest BCUT2D eigenvalue weighted by Crippen LogP contribution is 2.30. The second kappa shape index (κ2) is 8.88. The summed E-state index contributed by atoms with van der Waals surface area (Å²) < 4.78 is 17.1. The summed E-state index contributed by atoms with van der Waals surface area (Å²) >= 11 is 0. The molecule has 160 valence electrons. The van der Waals surface area contributed by atoms with Crippen LogP contribution in [0.1, 0.15) is 52.7 Å². The predicted octanol–water partition coefficient (Wildman–Crippen LogP) is 2.99. The summed E-state index contributed by atoms with van der Waals surface area (Å²) in [5.41, 5.74) is 0.127. The Hall–Kier alpha value is -2.51. The zero-order chi connectivity index (χ0) is 21.0. The summed E-state index contributed by atoms with van der Waals surface area (Å²) in [7, 11) is 0. The van der Waals surface area contributed by atoms with Crippen LogP contribution in [0.15, 0.2) is 12.3 Å². The molecule has 8 heteroatoms. The number of pyridine rings is 1. The maximum Gasteiger partial charge on any atom is 0.410 e. The van der Waals surface area contributed by atoms with E-state index in [1.807, 2.05) is 31.7 Å². The highest BCUT2D eigenvalue weighted by atomic mass is 16.6. The standard InChI is InChI=1S/C21H31N3O5/c1-15(25)23-8-6-17(7-9-23)24(20(26)29-21(2,3)4)14-16-12-18-19(13-22-16)28-11-5-10-27-18/h12-13,17H,5-11,14H2,1-4H3. The number of ether oxygens (including phenoxy) is 3. The van der Waals surface area contributed by atoms with Gasteiger partial charge in [0.2, 0.25) is 5.91 Å². The average Bonchev–Trinajstić information content (AvgIpc) is 2.89. The van der Waals surface area contributed by atoms with Crippen molar-refractivity contribution in [3.05, 3.63) is 18.0 Å². The first kappa shape index (κ1) is 21.2. The van der Waals surface area contributed by atoms with Crippen molar-refractivity contribution in [2.24, 2.45) is 0 Å². The van der Waals surface area contributed by atoms with Gasteiger partial charge in [0.25, 0.3) is 0 Å². The average molecular weight is 405 g/mol. The van der Waals surface area contributed by atoms with Crippen LogP contribution in [0.5, 0.6) is 11.5 Å². The lowest BCUT2D eigenvalue weighted by atomic mass is 10.0. The molecule has 1 aromatic rings. The molecular formula is C21H31N3O5. The number of fused-ring (bicyclic) bond motifs is 1. The first-order chi connectivity index (χ1) is 13.7. The molecule has 2 amide bonds. The molecule has 8 nitrogen and oxygen atoms in total. The number of carbonyl (C=O) groups is 2. The molecule has 0 atom stereocenters. The third kappa shape index (κ3) is 5.74. The van der Waals surface area contributed by atoms with Crippen LogP contribution in [0.3, 0.4) is 0 Å². The van der Waals surface area contributed by atoms with Crippen molar-refractivity contribution < 1.29 is 23.8 Å². The summed E-state index contributed by atoms with van der Waals surface area (Å²) in [5.74, 6) is 1.35. The van der Waals surface area contributed by atoms with Gasteiger partial charge in [-0.1, -0.05) is 0 Å². The molecule has 3 rings (SSSR count). The van der Waals surface area contributed by atoms with Crippen molar-refractivity contribution in [2.45, 2.75) is 65.1 Å². The van der Waals surface area contributed by atoms with Crippen molar-refractivity contribution in [2.75, 3.05) is 26.3 Å². The molecule has 0 radical (unpaired) electrons. The SMILES string of the molecule is CC(=O)N1CCC(N(Cc2cc3c(cn2)OCCCO3)C(=O)OC(C)(C)C)CC1. The van der Waals surface area contributed by atoms with Gasteiger partial charge in [0.05, 0.1) is 31.6 Å². The second-order valence-electron chi connectivity index (χ2n) is 8.52. The summed E-state index contributed by atoms with van der Waals surface area (Å²) in [6.07, 6.45) is 3.53. The number of aromatic nitrogens is 1. The molecule has 0 aliphatic carbocycles. The minimum atomic E-state index is -0.590. The zero-order valence-corrected chi connectivity index (χ0v) is 17.8. The second-order valence-corrected chi connectivity index (χ2v) is 8.52. The van der Waals surface area contributed by atoms with Gasteiger partial charge < -0.3 is 19.1 Å². The largest absolute Gasteiger partial charge is 0.489 e. The molecule has 0 N–H and O–H groups in total. The highest BCUT2D eigenvalue weighted by molar-refractivity contribution is 5.73. The van der Waals surface area contributed by atoms with E-state index >= 15 is 0 Å². The van der Waals surface area contributed by atoms with Gasteiger partial charge in [-0.05, 0) is 33.6 Å². The van der Waals surface area contributed by atoms with Crippen LogP contribution in [0.25, 0.3) is 0 Å². The number of likely N-dealkylation sites (tertiary alicyclic amines) is 1.